The van der Waals surface area contributed by atoms with Crippen molar-refractivity contribution in [2.75, 3.05) is 18.4 Å². The molecule has 1 unspecified atom stereocenters. The normalized spacial score (nSPS) is 16.2. The van der Waals surface area contributed by atoms with E-state index in [1.54, 1.807) is 12.4 Å². The number of amides is 1. The molecule has 1 N–H and O–H groups in total. The van der Waals surface area contributed by atoms with Crippen molar-refractivity contribution < 1.29 is 4.79 Å². The molecule has 1 saturated heterocycles. The molecule has 1 fully saturated rings. The van der Waals surface area contributed by atoms with Crippen LogP contribution < -0.4 is 5.32 Å². The molecule has 1 aliphatic rings. The predicted molar refractivity (Wildman–Crippen MR) is 86.1 cm³/mol. The number of pyridine rings is 2. The Labute approximate surface area is 131 Å². The molecule has 1 atom stereocenters. The maximum atomic E-state index is 12.4. The second kappa shape index (κ2) is 5.97. The number of aromatic nitrogens is 2. The fraction of sp³-hybridized carbons (Fsp3) is 0.400. The van der Waals surface area contributed by atoms with Crippen molar-refractivity contribution in [1.82, 2.24) is 14.9 Å². The maximum absolute atomic E-state index is 12.4. The van der Waals surface area contributed by atoms with Crippen LogP contribution in [0.5, 0.6) is 0 Å². The van der Waals surface area contributed by atoms with Gasteiger partial charge in [-0.15, -0.1) is 0 Å². The SMILES string of the molecule is CC(Nc1ccnc2cc(Br)cnc12)C(=O)N1CCCC1. The Hall–Kier alpha value is -1.69. The van der Waals surface area contributed by atoms with Crippen LogP contribution in [-0.4, -0.2) is 39.9 Å². The van der Waals surface area contributed by atoms with Gasteiger partial charge in [-0.25, -0.2) is 0 Å². The highest BCUT2D eigenvalue weighted by atomic mass is 79.9. The Bertz CT molecular complexity index is 670. The number of hydrogen-bond acceptors (Lipinski definition) is 4. The minimum absolute atomic E-state index is 0.148. The summed E-state index contributed by atoms with van der Waals surface area (Å²) in [6.07, 6.45) is 5.67. The molecular formula is C15H17BrN4O. The molecule has 1 amide bonds. The van der Waals surface area contributed by atoms with Crippen LogP contribution in [0.2, 0.25) is 0 Å². The van der Waals surface area contributed by atoms with Crippen molar-refractivity contribution in [1.29, 1.82) is 0 Å². The summed E-state index contributed by atoms with van der Waals surface area (Å²) in [7, 11) is 0. The van der Waals surface area contributed by atoms with Crippen LogP contribution >= 0.6 is 15.9 Å². The molecular weight excluding hydrogens is 332 g/mol. The van der Waals surface area contributed by atoms with E-state index in [1.807, 2.05) is 24.0 Å². The molecule has 2 aromatic heterocycles. The fourth-order valence-corrected chi connectivity index (χ4v) is 2.95. The molecule has 0 aliphatic carbocycles. The molecule has 6 heteroatoms. The van der Waals surface area contributed by atoms with E-state index < -0.39 is 0 Å². The number of hydrogen-bond donors (Lipinski definition) is 1. The summed E-state index contributed by atoms with van der Waals surface area (Å²) in [6, 6.07) is 3.51. The summed E-state index contributed by atoms with van der Waals surface area (Å²) >= 11 is 3.39. The molecule has 21 heavy (non-hydrogen) atoms. The lowest BCUT2D eigenvalue weighted by atomic mass is 10.2. The standard InChI is InChI=1S/C15H17BrN4O/c1-10(15(21)20-6-2-3-7-20)19-12-4-5-17-13-8-11(16)9-18-14(12)13/h4-5,8-10H,2-3,6-7H2,1H3,(H,17,19). The second-order valence-electron chi connectivity index (χ2n) is 5.28. The third-order valence-electron chi connectivity index (χ3n) is 3.70. The molecule has 5 nitrogen and oxygen atoms in total. The van der Waals surface area contributed by atoms with Gasteiger partial charge in [-0.3, -0.25) is 14.8 Å². The van der Waals surface area contributed by atoms with Crippen molar-refractivity contribution in [3.63, 3.8) is 0 Å². The Kier molecular flexibility index (Phi) is 4.05. The summed E-state index contributed by atoms with van der Waals surface area (Å²) in [5.41, 5.74) is 2.42. The monoisotopic (exact) mass is 348 g/mol. The van der Waals surface area contributed by atoms with Crippen LogP contribution in [0.3, 0.4) is 0 Å². The van der Waals surface area contributed by atoms with E-state index in [1.165, 1.54) is 0 Å². The van der Waals surface area contributed by atoms with Gasteiger partial charge in [-0.2, -0.15) is 0 Å². The van der Waals surface area contributed by atoms with Gasteiger partial charge in [0.2, 0.25) is 5.91 Å². The van der Waals surface area contributed by atoms with E-state index >= 15 is 0 Å². The topological polar surface area (TPSA) is 58.1 Å². The van der Waals surface area contributed by atoms with Crippen molar-refractivity contribution in [3.05, 3.63) is 29.0 Å². The fourth-order valence-electron chi connectivity index (χ4n) is 2.63. The average Bonchev–Trinajstić information content (AvgIpc) is 3.00. The van der Waals surface area contributed by atoms with Crippen molar-refractivity contribution in [2.24, 2.45) is 0 Å². The second-order valence-corrected chi connectivity index (χ2v) is 6.19. The summed E-state index contributed by atoms with van der Waals surface area (Å²) in [5.74, 6) is 0.148. The Morgan fingerprint density at radius 2 is 2.14 bits per heavy atom. The van der Waals surface area contributed by atoms with Gasteiger partial charge in [0.1, 0.15) is 11.6 Å². The van der Waals surface area contributed by atoms with Crippen LogP contribution in [0, 0.1) is 0 Å². The van der Waals surface area contributed by atoms with Gasteiger partial charge in [0.15, 0.2) is 0 Å². The summed E-state index contributed by atoms with van der Waals surface area (Å²) in [5, 5.41) is 3.27. The van der Waals surface area contributed by atoms with Crippen LogP contribution in [0.15, 0.2) is 29.0 Å². The zero-order valence-corrected chi connectivity index (χ0v) is 13.4. The lowest BCUT2D eigenvalue weighted by Gasteiger charge is -2.22. The lowest BCUT2D eigenvalue weighted by molar-refractivity contribution is -0.130. The van der Waals surface area contributed by atoms with E-state index in [0.29, 0.717) is 0 Å². The number of likely N-dealkylation sites (tertiary alicyclic amines) is 1. The van der Waals surface area contributed by atoms with E-state index in [-0.39, 0.29) is 11.9 Å². The Morgan fingerprint density at radius 1 is 1.38 bits per heavy atom. The predicted octanol–water partition coefficient (Wildman–Crippen LogP) is 2.82. The van der Waals surface area contributed by atoms with Gasteiger partial charge >= 0.3 is 0 Å². The van der Waals surface area contributed by atoms with Gasteiger partial charge < -0.3 is 10.2 Å². The Morgan fingerprint density at radius 3 is 2.90 bits per heavy atom. The number of nitrogens with zero attached hydrogens (tertiary/aromatic N) is 3. The molecule has 0 radical (unpaired) electrons. The summed E-state index contributed by atoms with van der Waals surface area (Å²) in [4.78, 5) is 23.0. The van der Waals surface area contributed by atoms with Crippen molar-refractivity contribution in [2.45, 2.75) is 25.8 Å². The van der Waals surface area contributed by atoms with Gasteiger partial charge in [-0.05, 0) is 47.8 Å². The molecule has 0 saturated carbocycles. The third-order valence-corrected chi connectivity index (χ3v) is 4.14. The molecule has 3 rings (SSSR count). The zero-order chi connectivity index (χ0) is 14.8. The zero-order valence-electron chi connectivity index (χ0n) is 11.8. The van der Waals surface area contributed by atoms with Gasteiger partial charge in [0.25, 0.3) is 0 Å². The maximum Gasteiger partial charge on any atom is 0.244 e. The molecule has 3 heterocycles. The lowest BCUT2D eigenvalue weighted by Crippen LogP contribution is -2.39. The molecule has 0 aromatic carbocycles. The molecule has 2 aromatic rings. The number of nitrogens with one attached hydrogen (secondary N) is 1. The first kappa shape index (κ1) is 14.3. The number of rotatable bonds is 3. The van der Waals surface area contributed by atoms with Gasteiger partial charge in [0.05, 0.1) is 11.2 Å². The Balaban J connectivity index is 1.82. The number of anilines is 1. The molecule has 1 aliphatic heterocycles. The van der Waals surface area contributed by atoms with E-state index in [9.17, 15) is 4.79 Å². The highest BCUT2D eigenvalue weighted by Crippen LogP contribution is 2.23. The van der Waals surface area contributed by atoms with E-state index in [4.69, 9.17) is 0 Å². The van der Waals surface area contributed by atoms with E-state index in [2.05, 4.69) is 31.2 Å². The average molecular weight is 349 g/mol. The largest absolute Gasteiger partial charge is 0.372 e. The summed E-state index contributed by atoms with van der Waals surface area (Å²) < 4.78 is 0.890. The summed E-state index contributed by atoms with van der Waals surface area (Å²) in [6.45, 7) is 3.63. The number of halogens is 1. The smallest absolute Gasteiger partial charge is 0.244 e. The number of carbonyl (C=O) groups excluding carboxylic acids is 1. The third kappa shape index (κ3) is 3.00. The first-order valence-electron chi connectivity index (χ1n) is 7.11. The minimum Gasteiger partial charge on any atom is -0.372 e. The van der Waals surface area contributed by atoms with Crippen molar-refractivity contribution >= 4 is 38.6 Å². The quantitative estimate of drug-likeness (QED) is 0.926. The molecule has 110 valence electrons. The highest BCUT2D eigenvalue weighted by Gasteiger charge is 2.23. The first-order valence-corrected chi connectivity index (χ1v) is 7.90. The first-order chi connectivity index (χ1) is 10.1. The highest BCUT2D eigenvalue weighted by molar-refractivity contribution is 9.10. The van der Waals surface area contributed by atoms with Crippen LogP contribution in [0.1, 0.15) is 19.8 Å². The van der Waals surface area contributed by atoms with Crippen molar-refractivity contribution in [3.8, 4) is 0 Å². The van der Waals surface area contributed by atoms with Crippen LogP contribution in [0.4, 0.5) is 5.69 Å². The number of fused-ring (bicyclic) bond motifs is 1. The molecule has 0 spiro atoms. The van der Waals surface area contributed by atoms with Crippen LogP contribution in [-0.2, 0) is 4.79 Å². The van der Waals surface area contributed by atoms with Gasteiger partial charge in [0, 0.05) is 30.0 Å². The number of carbonyl (C=O) groups is 1. The van der Waals surface area contributed by atoms with Crippen LogP contribution in [0.25, 0.3) is 11.0 Å². The minimum atomic E-state index is -0.265. The van der Waals surface area contributed by atoms with E-state index in [0.717, 1.165) is 47.1 Å². The molecule has 0 bridgehead atoms. The van der Waals surface area contributed by atoms with Gasteiger partial charge in [-0.1, -0.05) is 0 Å².